The fourth-order valence-electron chi connectivity index (χ4n) is 2.67. The number of benzene rings is 2. The Morgan fingerprint density at radius 1 is 1.07 bits per heavy atom. The maximum Gasteiger partial charge on any atom is 0.214 e. The first-order valence-corrected chi connectivity index (χ1v) is 10.6. The molecule has 8 heteroatoms. The molecule has 0 saturated heterocycles. The van der Waals surface area contributed by atoms with E-state index in [1.165, 1.54) is 11.1 Å². The zero-order chi connectivity index (χ0) is 19.5. The minimum absolute atomic E-state index is 0.706. The van der Waals surface area contributed by atoms with Gasteiger partial charge in [-0.1, -0.05) is 17.8 Å². The van der Waals surface area contributed by atoms with E-state index >= 15 is 0 Å². The molecule has 0 saturated carbocycles. The highest BCUT2D eigenvalue weighted by molar-refractivity contribution is 7.98. The van der Waals surface area contributed by atoms with Crippen molar-refractivity contribution in [2.45, 2.75) is 24.8 Å². The summed E-state index contributed by atoms with van der Waals surface area (Å²) < 4.78 is 6.98. The van der Waals surface area contributed by atoms with Crippen LogP contribution in [0, 0.1) is 13.8 Å². The summed E-state index contributed by atoms with van der Waals surface area (Å²) in [6, 6.07) is 14.2. The Labute approximate surface area is 171 Å². The fraction of sp³-hybridized carbons (Fsp3) is 0.200. The van der Waals surface area contributed by atoms with Crippen LogP contribution in [0.3, 0.4) is 0 Å². The molecule has 2 aromatic heterocycles. The Morgan fingerprint density at radius 3 is 2.64 bits per heavy atom. The monoisotopic (exact) mass is 409 g/mol. The van der Waals surface area contributed by atoms with Gasteiger partial charge < -0.3 is 4.74 Å². The Hall–Kier alpha value is -2.71. The normalized spacial score (nSPS) is 11.0. The molecule has 2 heterocycles. The van der Waals surface area contributed by atoms with E-state index in [4.69, 9.17) is 9.72 Å². The van der Waals surface area contributed by atoms with Crippen LogP contribution in [0.4, 0.5) is 0 Å². The van der Waals surface area contributed by atoms with Crippen molar-refractivity contribution >= 4 is 23.1 Å². The van der Waals surface area contributed by atoms with Crippen molar-refractivity contribution in [1.82, 2.24) is 25.2 Å². The molecule has 0 fully saturated rings. The number of nitrogens with zero attached hydrogens (tertiary/aromatic N) is 5. The molecule has 2 aromatic carbocycles. The van der Waals surface area contributed by atoms with E-state index in [2.05, 4.69) is 46.9 Å². The number of hydrogen-bond donors (Lipinski definition) is 0. The number of rotatable bonds is 6. The first-order chi connectivity index (χ1) is 13.6. The lowest BCUT2D eigenvalue weighted by Crippen LogP contribution is -2.00. The van der Waals surface area contributed by atoms with E-state index in [9.17, 15) is 0 Å². The Morgan fingerprint density at radius 2 is 1.89 bits per heavy atom. The number of thiazole rings is 1. The van der Waals surface area contributed by atoms with Crippen molar-refractivity contribution in [3.63, 3.8) is 0 Å². The maximum atomic E-state index is 5.21. The van der Waals surface area contributed by atoms with Crippen LogP contribution in [0.15, 0.2) is 53.0 Å². The van der Waals surface area contributed by atoms with Gasteiger partial charge in [0.2, 0.25) is 5.16 Å². The van der Waals surface area contributed by atoms with E-state index in [1.807, 2.05) is 30.3 Å². The maximum absolute atomic E-state index is 5.21. The Balaban J connectivity index is 1.48. The van der Waals surface area contributed by atoms with Gasteiger partial charge in [0.1, 0.15) is 10.8 Å². The third-order valence-electron chi connectivity index (χ3n) is 4.41. The van der Waals surface area contributed by atoms with Crippen LogP contribution < -0.4 is 4.74 Å². The number of thioether (sulfide) groups is 1. The molecule has 0 aliphatic rings. The highest BCUT2D eigenvalue weighted by Gasteiger charge is 2.12. The second-order valence-corrected chi connectivity index (χ2v) is 8.10. The molecule has 6 nitrogen and oxygen atoms in total. The van der Waals surface area contributed by atoms with Gasteiger partial charge in [-0.2, -0.15) is 4.68 Å². The molecular formula is C20H19N5OS2. The molecule has 0 aliphatic carbocycles. The van der Waals surface area contributed by atoms with Gasteiger partial charge in [-0.3, -0.25) is 0 Å². The van der Waals surface area contributed by atoms with Crippen LogP contribution in [-0.4, -0.2) is 32.3 Å². The SMILES string of the molecule is COc1ccc(-c2nc(CSc3nnnn3-c3ccc(C)c(C)c3)cs2)cc1. The van der Waals surface area contributed by atoms with Gasteiger partial charge in [0.05, 0.1) is 18.5 Å². The summed E-state index contributed by atoms with van der Waals surface area (Å²) in [7, 11) is 1.67. The zero-order valence-corrected chi connectivity index (χ0v) is 17.4. The first kappa shape index (κ1) is 18.6. The number of hydrogen-bond acceptors (Lipinski definition) is 7. The molecule has 0 spiro atoms. The lowest BCUT2D eigenvalue weighted by atomic mass is 10.1. The van der Waals surface area contributed by atoms with Gasteiger partial charge in [0.15, 0.2) is 0 Å². The number of tetrazole rings is 1. The molecule has 4 aromatic rings. The summed E-state index contributed by atoms with van der Waals surface area (Å²) in [4.78, 5) is 4.74. The smallest absolute Gasteiger partial charge is 0.214 e. The summed E-state index contributed by atoms with van der Waals surface area (Å²) in [5.41, 5.74) is 5.53. The van der Waals surface area contributed by atoms with Crippen LogP contribution in [0.1, 0.15) is 16.8 Å². The van der Waals surface area contributed by atoms with Crippen molar-refractivity contribution in [3.05, 3.63) is 64.7 Å². The van der Waals surface area contributed by atoms with Crippen LogP contribution in [-0.2, 0) is 5.75 Å². The van der Waals surface area contributed by atoms with Gasteiger partial charge in [-0.05, 0) is 71.8 Å². The summed E-state index contributed by atoms with van der Waals surface area (Å²) >= 11 is 3.21. The highest BCUT2D eigenvalue weighted by atomic mass is 32.2. The summed E-state index contributed by atoms with van der Waals surface area (Å²) in [5, 5.41) is 16.0. The second-order valence-electron chi connectivity index (χ2n) is 6.30. The third kappa shape index (κ3) is 3.93. The van der Waals surface area contributed by atoms with Crippen LogP contribution >= 0.6 is 23.1 Å². The van der Waals surface area contributed by atoms with Crippen LogP contribution in [0.25, 0.3) is 16.3 Å². The molecule has 0 N–H and O–H groups in total. The molecule has 142 valence electrons. The summed E-state index contributed by atoms with van der Waals surface area (Å²) in [5.74, 6) is 1.55. The topological polar surface area (TPSA) is 65.7 Å². The van der Waals surface area contributed by atoms with Crippen LogP contribution in [0.5, 0.6) is 5.75 Å². The van der Waals surface area contributed by atoms with Crippen molar-refractivity contribution < 1.29 is 4.74 Å². The van der Waals surface area contributed by atoms with Gasteiger partial charge in [0, 0.05) is 16.7 Å². The lowest BCUT2D eigenvalue weighted by molar-refractivity contribution is 0.415. The molecule has 0 amide bonds. The Kier molecular flexibility index (Phi) is 5.40. The van der Waals surface area contributed by atoms with Gasteiger partial charge >= 0.3 is 0 Å². The molecule has 28 heavy (non-hydrogen) atoms. The highest BCUT2D eigenvalue weighted by Crippen LogP contribution is 2.29. The fourth-order valence-corrected chi connectivity index (χ4v) is 4.38. The van der Waals surface area contributed by atoms with Gasteiger partial charge in [-0.15, -0.1) is 16.4 Å². The second kappa shape index (κ2) is 8.12. The number of methoxy groups -OCH3 is 1. The molecule has 0 radical (unpaired) electrons. The third-order valence-corrected chi connectivity index (χ3v) is 6.31. The van der Waals surface area contributed by atoms with Gasteiger partial charge in [0.25, 0.3) is 0 Å². The van der Waals surface area contributed by atoms with Gasteiger partial charge in [-0.25, -0.2) is 4.98 Å². The van der Waals surface area contributed by atoms with E-state index in [-0.39, 0.29) is 0 Å². The number of aromatic nitrogens is 5. The summed E-state index contributed by atoms with van der Waals surface area (Å²) in [6.07, 6.45) is 0. The molecule has 0 atom stereocenters. The molecule has 0 unspecified atom stereocenters. The minimum Gasteiger partial charge on any atom is -0.497 e. The first-order valence-electron chi connectivity index (χ1n) is 8.71. The van der Waals surface area contributed by atoms with Crippen molar-refractivity contribution in [2.75, 3.05) is 7.11 Å². The zero-order valence-electron chi connectivity index (χ0n) is 15.8. The average molecular weight is 410 g/mol. The lowest BCUT2D eigenvalue weighted by Gasteiger charge is -2.06. The molecule has 0 bridgehead atoms. The average Bonchev–Trinajstić information content (AvgIpc) is 3.38. The largest absolute Gasteiger partial charge is 0.497 e. The standard InChI is InChI=1S/C20H19N5OS2/c1-13-4-7-17(10-14(13)2)25-20(22-23-24-25)28-12-16-11-27-19(21-16)15-5-8-18(26-3)9-6-15/h4-11H,12H2,1-3H3. The van der Waals surface area contributed by atoms with Crippen LogP contribution in [0.2, 0.25) is 0 Å². The molecule has 4 rings (SSSR count). The molecular weight excluding hydrogens is 390 g/mol. The minimum atomic E-state index is 0.706. The van der Waals surface area contributed by atoms with Crippen molar-refractivity contribution in [1.29, 1.82) is 0 Å². The quantitative estimate of drug-likeness (QED) is 0.430. The van der Waals surface area contributed by atoms with Crippen molar-refractivity contribution in [2.24, 2.45) is 0 Å². The van der Waals surface area contributed by atoms with E-state index < -0.39 is 0 Å². The van der Waals surface area contributed by atoms with E-state index in [0.29, 0.717) is 5.75 Å². The predicted octanol–water partition coefficient (Wildman–Crippen LogP) is 4.70. The van der Waals surface area contributed by atoms with E-state index in [1.54, 1.807) is 34.9 Å². The van der Waals surface area contributed by atoms with E-state index in [0.717, 1.165) is 32.9 Å². The summed E-state index contributed by atoms with van der Waals surface area (Å²) in [6.45, 7) is 4.18. The van der Waals surface area contributed by atoms with Crippen molar-refractivity contribution in [3.8, 4) is 22.0 Å². The Bertz CT molecular complexity index is 1090. The number of aryl methyl sites for hydroxylation is 2. The number of ether oxygens (including phenoxy) is 1. The predicted molar refractivity (Wildman–Crippen MR) is 112 cm³/mol. The molecule has 0 aliphatic heterocycles.